The number of benzene rings is 2. The monoisotopic (exact) mass is 530 g/mol. The Morgan fingerprint density at radius 1 is 0.763 bits per heavy atom. The van der Waals surface area contributed by atoms with E-state index in [1.54, 1.807) is 48.5 Å². The Hall–Kier alpha value is -3.49. The Balaban J connectivity index is 1.71. The highest BCUT2D eigenvalue weighted by atomic mass is 19.4. The lowest BCUT2D eigenvalue weighted by Crippen LogP contribution is -2.13. The van der Waals surface area contributed by atoms with Gasteiger partial charge in [-0.15, -0.1) is 0 Å². The SMILES string of the molecule is CCCCCCOc1ccc(Nc2ncc(C(F)(F)F)c(Nc3ccccc3OCCCCCC)n2)cc1. The molecular formula is C29H37F3N4O2. The van der Waals surface area contributed by atoms with Crippen LogP contribution in [-0.4, -0.2) is 23.2 Å². The third-order valence-electron chi connectivity index (χ3n) is 5.87. The number of hydrogen-bond donors (Lipinski definition) is 2. The quantitative estimate of drug-likeness (QED) is 0.180. The number of anilines is 4. The molecule has 0 aliphatic rings. The molecule has 1 heterocycles. The fraction of sp³-hybridized carbons (Fsp3) is 0.448. The summed E-state index contributed by atoms with van der Waals surface area (Å²) >= 11 is 0. The van der Waals surface area contributed by atoms with Gasteiger partial charge in [-0.2, -0.15) is 18.2 Å². The van der Waals surface area contributed by atoms with Gasteiger partial charge in [0.05, 0.1) is 18.9 Å². The Morgan fingerprint density at radius 2 is 1.42 bits per heavy atom. The van der Waals surface area contributed by atoms with Crippen LogP contribution in [0.2, 0.25) is 0 Å². The Bertz CT molecular complexity index is 1110. The summed E-state index contributed by atoms with van der Waals surface area (Å²) in [6.07, 6.45) is 4.77. The molecule has 0 amide bonds. The predicted molar refractivity (Wildman–Crippen MR) is 146 cm³/mol. The third-order valence-corrected chi connectivity index (χ3v) is 5.87. The molecule has 9 heteroatoms. The third kappa shape index (κ3) is 9.43. The van der Waals surface area contributed by atoms with E-state index in [9.17, 15) is 13.2 Å². The van der Waals surface area contributed by atoms with Gasteiger partial charge in [0, 0.05) is 11.9 Å². The number of para-hydroxylation sites is 2. The van der Waals surface area contributed by atoms with E-state index < -0.39 is 11.7 Å². The second-order valence-electron chi connectivity index (χ2n) is 9.04. The summed E-state index contributed by atoms with van der Waals surface area (Å²) < 4.78 is 52.9. The summed E-state index contributed by atoms with van der Waals surface area (Å²) in [7, 11) is 0. The largest absolute Gasteiger partial charge is 0.494 e. The highest BCUT2D eigenvalue weighted by molar-refractivity contribution is 5.67. The van der Waals surface area contributed by atoms with E-state index in [2.05, 4.69) is 34.4 Å². The van der Waals surface area contributed by atoms with Crippen molar-refractivity contribution in [1.29, 1.82) is 0 Å². The second kappa shape index (κ2) is 15.1. The first kappa shape index (κ1) is 29.1. The molecule has 0 fully saturated rings. The molecule has 0 spiro atoms. The Labute approximate surface area is 223 Å². The topological polar surface area (TPSA) is 68.3 Å². The fourth-order valence-electron chi connectivity index (χ4n) is 3.76. The fourth-order valence-corrected chi connectivity index (χ4v) is 3.76. The van der Waals surface area contributed by atoms with Gasteiger partial charge in [-0.1, -0.05) is 64.5 Å². The number of alkyl halides is 3. The lowest BCUT2D eigenvalue weighted by Gasteiger charge is -2.17. The molecule has 2 N–H and O–H groups in total. The molecule has 206 valence electrons. The molecule has 3 aromatic rings. The molecule has 0 atom stereocenters. The van der Waals surface area contributed by atoms with Crippen molar-refractivity contribution in [3.63, 3.8) is 0 Å². The van der Waals surface area contributed by atoms with E-state index in [1.807, 2.05) is 0 Å². The van der Waals surface area contributed by atoms with Gasteiger partial charge in [-0.25, -0.2) is 4.98 Å². The molecule has 0 bridgehead atoms. The van der Waals surface area contributed by atoms with Crippen molar-refractivity contribution in [3.8, 4) is 11.5 Å². The number of unbranched alkanes of at least 4 members (excludes halogenated alkanes) is 6. The first-order chi connectivity index (χ1) is 18.4. The molecule has 38 heavy (non-hydrogen) atoms. The van der Waals surface area contributed by atoms with Crippen LogP contribution < -0.4 is 20.1 Å². The lowest BCUT2D eigenvalue weighted by atomic mass is 10.2. The van der Waals surface area contributed by atoms with Crippen LogP contribution in [0.5, 0.6) is 11.5 Å². The summed E-state index contributed by atoms with van der Waals surface area (Å²) in [5.41, 5.74) is 0.0658. The number of ether oxygens (including phenoxy) is 2. The van der Waals surface area contributed by atoms with Gasteiger partial charge in [-0.3, -0.25) is 0 Å². The summed E-state index contributed by atoms with van der Waals surface area (Å²) in [4.78, 5) is 8.05. The highest BCUT2D eigenvalue weighted by Crippen LogP contribution is 2.37. The van der Waals surface area contributed by atoms with Crippen LogP contribution in [0, 0.1) is 0 Å². The van der Waals surface area contributed by atoms with Crippen LogP contribution in [0.1, 0.15) is 70.8 Å². The summed E-state index contributed by atoms with van der Waals surface area (Å²) in [6, 6.07) is 14.1. The van der Waals surface area contributed by atoms with Crippen molar-refractivity contribution in [2.45, 2.75) is 71.4 Å². The molecule has 0 saturated heterocycles. The molecule has 0 aliphatic carbocycles. The maximum absolute atomic E-state index is 13.8. The molecule has 0 saturated carbocycles. The first-order valence-electron chi connectivity index (χ1n) is 13.3. The van der Waals surface area contributed by atoms with Crippen molar-refractivity contribution in [2.24, 2.45) is 0 Å². The predicted octanol–water partition coefficient (Wildman–Crippen LogP) is 8.90. The van der Waals surface area contributed by atoms with Gasteiger partial charge >= 0.3 is 6.18 Å². The average Bonchev–Trinajstić information content (AvgIpc) is 2.90. The van der Waals surface area contributed by atoms with Crippen molar-refractivity contribution in [3.05, 3.63) is 60.3 Å². The highest BCUT2D eigenvalue weighted by Gasteiger charge is 2.35. The van der Waals surface area contributed by atoms with Gasteiger partial charge in [0.1, 0.15) is 22.9 Å². The zero-order chi connectivity index (χ0) is 27.2. The number of nitrogens with one attached hydrogen (secondary N) is 2. The average molecular weight is 531 g/mol. The standard InChI is InChI=1S/C29H37F3N4O2/c1-3-5-7-11-19-37-23-17-15-22(16-18-23)34-28-33-21-24(29(30,31)32)27(36-28)35-25-13-9-10-14-26(25)38-20-12-8-6-4-2/h9-10,13-18,21H,3-8,11-12,19-20H2,1-2H3,(H2,33,34,35,36). The molecular weight excluding hydrogens is 493 g/mol. The minimum absolute atomic E-state index is 0.0340. The van der Waals surface area contributed by atoms with Crippen molar-refractivity contribution in [2.75, 3.05) is 23.8 Å². The van der Waals surface area contributed by atoms with Crippen molar-refractivity contribution < 1.29 is 22.6 Å². The van der Waals surface area contributed by atoms with Crippen LogP contribution in [0.3, 0.4) is 0 Å². The summed E-state index contributed by atoms with van der Waals surface area (Å²) in [6.45, 7) is 5.42. The number of hydrogen-bond acceptors (Lipinski definition) is 6. The minimum atomic E-state index is -4.63. The summed E-state index contributed by atoms with van der Waals surface area (Å²) in [5, 5.41) is 5.79. The Kier molecular flexibility index (Phi) is 11.5. The molecule has 0 aliphatic heterocycles. The molecule has 3 rings (SSSR count). The van der Waals surface area contributed by atoms with E-state index in [-0.39, 0.29) is 11.8 Å². The van der Waals surface area contributed by atoms with Crippen LogP contribution in [0.4, 0.5) is 36.3 Å². The maximum atomic E-state index is 13.8. The second-order valence-corrected chi connectivity index (χ2v) is 9.04. The van der Waals surface area contributed by atoms with Crippen LogP contribution in [0.25, 0.3) is 0 Å². The van der Waals surface area contributed by atoms with E-state index in [4.69, 9.17) is 9.47 Å². The molecule has 1 aromatic heterocycles. The smallest absolute Gasteiger partial charge is 0.421 e. The van der Waals surface area contributed by atoms with E-state index in [0.29, 0.717) is 30.3 Å². The van der Waals surface area contributed by atoms with Gasteiger partial charge in [-0.05, 0) is 49.2 Å². The van der Waals surface area contributed by atoms with Crippen molar-refractivity contribution >= 4 is 23.1 Å². The number of rotatable bonds is 16. The minimum Gasteiger partial charge on any atom is -0.494 e. The van der Waals surface area contributed by atoms with Crippen LogP contribution in [0.15, 0.2) is 54.7 Å². The number of aromatic nitrogens is 2. The van der Waals surface area contributed by atoms with Gasteiger partial charge in [0.15, 0.2) is 0 Å². The molecule has 6 nitrogen and oxygen atoms in total. The molecule has 0 radical (unpaired) electrons. The first-order valence-corrected chi connectivity index (χ1v) is 13.3. The number of nitrogens with zero attached hydrogens (tertiary/aromatic N) is 2. The van der Waals surface area contributed by atoms with E-state index >= 15 is 0 Å². The van der Waals surface area contributed by atoms with Crippen LogP contribution >= 0.6 is 0 Å². The normalized spacial score (nSPS) is 11.3. The number of halogens is 3. The van der Waals surface area contributed by atoms with Gasteiger partial charge in [0.25, 0.3) is 0 Å². The van der Waals surface area contributed by atoms with E-state index in [1.165, 1.54) is 12.8 Å². The zero-order valence-corrected chi connectivity index (χ0v) is 22.1. The van der Waals surface area contributed by atoms with Crippen LogP contribution in [-0.2, 0) is 6.18 Å². The van der Waals surface area contributed by atoms with Crippen molar-refractivity contribution in [1.82, 2.24) is 9.97 Å². The summed E-state index contributed by atoms with van der Waals surface area (Å²) in [5.74, 6) is 0.875. The molecule has 0 unspecified atom stereocenters. The Morgan fingerprint density at radius 3 is 2.08 bits per heavy atom. The zero-order valence-electron chi connectivity index (χ0n) is 22.1. The van der Waals surface area contributed by atoms with Gasteiger partial charge in [0.2, 0.25) is 5.95 Å². The lowest BCUT2D eigenvalue weighted by molar-refractivity contribution is -0.137. The molecule has 2 aromatic carbocycles. The maximum Gasteiger partial charge on any atom is 0.421 e. The van der Waals surface area contributed by atoms with E-state index in [0.717, 1.165) is 50.5 Å². The van der Waals surface area contributed by atoms with Gasteiger partial charge < -0.3 is 20.1 Å².